The lowest BCUT2D eigenvalue weighted by molar-refractivity contribution is 0.224. The highest BCUT2D eigenvalue weighted by atomic mass is 79.9. The average Bonchev–Trinajstić information content (AvgIpc) is 3.02. The molecule has 0 unspecified atom stereocenters. The van der Waals surface area contributed by atoms with Crippen LogP contribution in [0.4, 0.5) is 5.95 Å². The van der Waals surface area contributed by atoms with Gasteiger partial charge in [-0.2, -0.15) is 0 Å². The minimum Gasteiger partial charge on any atom is -0.508 e. The number of hydrogen-bond acceptors (Lipinski definition) is 5. The van der Waals surface area contributed by atoms with Gasteiger partial charge >= 0.3 is 0 Å². The number of nitrogens with zero attached hydrogens (tertiary/aromatic N) is 3. The van der Waals surface area contributed by atoms with Gasteiger partial charge in [-0.15, -0.1) is 50.9 Å². The van der Waals surface area contributed by atoms with Gasteiger partial charge in [0.25, 0.3) is 0 Å². The van der Waals surface area contributed by atoms with Gasteiger partial charge in [-0.05, 0) is 42.7 Å². The summed E-state index contributed by atoms with van der Waals surface area (Å²) in [7, 11) is 0. The molecule has 1 fully saturated rings. The number of likely N-dealkylation sites (tertiary alicyclic amines) is 1. The van der Waals surface area contributed by atoms with Gasteiger partial charge in [-0.25, -0.2) is 4.98 Å². The van der Waals surface area contributed by atoms with E-state index in [-0.39, 0.29) is 62.2 Å². The van der Waals surface area contributed by atoms with Crippen LogP contribution in [-0.2, 0) is 6.54 Å². The first-order valence-electron chi connectivity index (χ1n) is 9.65. The van der Waals surface area contributed by atoms with Crippen LogP contribution in [0.1, 0.15) is 18.4 Å². The monoisotopic (exact) mass is 623 g/mol. The van der Waals surface area contributed by atoms with Crippen LogP contribution >= 0.6 is 50.9 Å². The fourth-order valence-corrected chi connectivity index (χ4v) is 3.80. The normalized spacial score (nSPS) is 14.0. The van der Waals surface area contributed by atoms with Crippen molar-refractivity contribution in [1.82, 2.24) is 14.5 Å². The second-order valence-corrected chi connectivity index (χ2v) is 7.23. The topological polar surface area (TPSA) is 111 Å². The van der Waals surface area contributed by atoms with E-state index < -0.39 is 0 Å². The first-order valence-corrected chi connectivity index (χ1v) is 9.65. The summed E-state index contributed by atoms with van der Waals surface area (Å²) in [6.07, 6.45) is 2.20. The Morgan fingerprint density at radius 2 is 1.65 bits per heavy atom. The molecule has 174 valence electrons. The van der Waals surface area contributed by atoms with Crippen molar-refractivity contribution in [3.05, 3.63) is 54.1 Å². The molecule has 2 heterocycles. The Morgan fingerprint density at radius 1 is 1.00 bits per heavy atom. The second-order valence-electron chi connectivity index (χ2n) is 7.23. The highest BCUT2D eigenvalue weighted by molar-refractivity contribution is 8.93. The minimum absolute atomic E-state index is 0. The first kappa shape index (κ1) is 29.8. The number of nitrogens with one attached hydrogen (secondary N) is 1. The Labute approximate surface area is 214 Å². The maximum atomic E-state index is 9.54. The van der Waals surface area contributed by atoms with E-state index >= 15 is 0 Å². The van der Waals surface area contributed by atoms with Crippen LogP contribution in [0.25, 0.3) is 11.0 Å². The Balaban J connectivity index is 0.00000225. The van der Waals surface area contributed by atoms with Crippen LogP contribution in [0.2, 0.25) is 0 Å². The van der Waals surface area contributed by atoms with E-state index in [0.717, 1.165) is 68.1 Å². The zero-order valence-electron chi connectivity index (χ0n) is 17.2. The number of phenols is 1. The van der Waals surface area contributed by atoms with Crippen LogP contribution in [0, 0.1) is 0 Å². The van der Waals surface area contributed by atoms with Gasteiger partial charge in [0.2, 0.25) is 5.95 Å². The molecule has 0 radical (unpaired) electrons. The molecule has 1 aliphatic rings. The lowest BCUT2D eigenvalue weighted by Crippen LogP contribution is -2.41. The highest BCUT2D eigenvalue weighted by Gasteiger charge is 2.21. The van der Waals surface area contributed by atoms with Gasteiger partial charge < -0.3 is 31.1 Å². The highest BCUT2D eigenvalue weighted by Crippen LogP contribution is 2.24. The lowest BCUT2D eigenvalue weighted by atomic mass is 10.1. The van der Waals surface area contributed by atoms with Gasteiger partial charge in [0, 0.05) is 32.2 Å². The number of nitrogens with two attached hydrogens (primary N) is 1. The number of halogens is 3. The Morgan fingerprint density at radius 3 is 2.29 bits per heavy atom. The predicted octanol–water partition coefficient (Wildman–Crippen LogP) is 3.53. The quantitative estimate of drug-likeness (QED) is 0.388. The summed E-state index contributed by atoms with van der Waals surface area (Å²) in [6.45, 7) is 4.57. The summed E-state index contributed by atoms with van der Waals surface area (Å²) in [5.41, 5.74) is 8.93. The van der Waals surface area contributed by atoms with Crippen molar-refractivity contribution in [2.45, 2.75) is 25.4 Å². The molecule has 1 saturated heterocycles. The molecule has 7 nitrogen and oxygen atoms in total. The molecule has 1 aliphatic heterocycles. The molecule has 3 aromatic rings. The number of aromatic nitrogens is 2. The van der Waals surface area contributed by atoms with Crippen LogP contribution in [0.5, 0.6) is 5.75 Å². The Hall–Kier alpha value is -1.17. The fourth-order valence-electron chi connectivity index (χ4n) is 3.80. The molecular weight excluding hydrogens is 594 g/mol. The number of imidazole rings is 1. The molecule has 10 heteroatoms. The Kier molecular flexibility index (Phi) is 13.5. The molecule has 0 bridgehead atoms. The number of benzene rings is 2. The SMILES string of the molecule is Br.Br.Br.NCCN1CCC(Nc2nc3ccccc3n2Cc2ccc(O)cc2)CC1.O. The van der Waals surface area contributed by atoms with Crippen molar-refractivity contribution in [2.24, 2.45) is 5.73 Å². The number of phenolic OH excluding ortho intramolecular Hbond substituents is 1. The zero-order valence-corrected chi connectivity index (χ0v) is 22.4. The maximum absolute atomic E-state index is 9.54. The number of para-hydroxylation sites is 2. The number of aromatic hydroxyl groups is 1. The lowest BCUT2D eigenvalue weighted by Gasteiger charge is -2.32. The van der Waals surface area contributed by atoms with Crippen molar-refractivity contribution < 1.29 is 10.6 Å². The molecule has 0 aliphatic carbocycles. The number of piperidine rings is 1. The largest absolute Gasteiger partial charge is 0.508 e. The molecule has 2 aromatic carbocycles. The summed E-state index contributed by atoms with van der Waals surface area (Å²) >= 11 is 0. The standard InChI is InChI=1S/C21H27N5O.3BrH.H2O/c22-11-14-25-12-9-17(10-13-25)23-21-24-19-3-1-2-4-20(19)26(21)15-16-5-7-18(27)8-6-16;;;;/h1-8,17,27H,9-15,22H2,(H,23,24);3*1H;1H2. The molecule has 6 N–H and O–H groups in total. The van der Waals surface area contributed by atoms with Crippen LogP contribution in [0.3, 0.4) is 0 Å². The van der Waals surface area contributed by atoms with Crippen molar-refractivity contribution in [2.75, 3.05) is 31.5 Å². The third-order valence-electron chi connectivity index (χ3n) is 5.30. The number of anilines is 1. The van der Waals surface area contributed by atoms with Gasteiger partial charge in [0.05, 0.1) is 17.6 Å². The smallest absolute Gasteiger partial charge is 0.204 e. The van der Waals surface area contributed by atoms with E-state index in [0.29, 0.717) is 6.04 Å². The van der Waals surface area contributed by atoms with E-state index in [9.17, 15) is 5.11 Å². The number of rotatable bonds is 6. The first-order chi connectivity index (χ1) is 13.2. The average molecular weight is 626 g/mol. The summed E-state index contributed by atoms with van der Waals surface area (Å²) in [5.74, 6) is 1.21. The predicted molar refractivity (Wildman–Crippen MR) is 144 cm³/mol. The van der Waals surface area contributed by atoms with Gasteiger partial charge in [0.15, 0.2) is 0 Å². The van der Waals surface area contributed by atoms with E-state index in [1.54, 1.807) is 12.1 Å². The van der Waals surface area contributed by atoms with E-state index in [4.69, 9.17) is 10.7 Å². The van der Waals surface area contributed by atoms with Crippen molar-refractivity contribution in [3.63, 3.8) is 0 Å². The van der Waals surface area contributed by atoms with E-state index in [2.05, 4.69) is 26.9 Å². The fraction of sp³-hybridized carbons (Fsp3) is 0.381. The molecule has 31 heavy (non-hydrogen) atoms. The van der Waals surface area contributed by atoms with E-state index in [1.165, 1.54) is 0 Å². The third kappa shape index (κ3) is 7.44. The summed E-state index contributed by atoms with van der Waals surface area (Å²) in [6, 6.07) is 16.0. The summed E-state index contributed by atoms with van der Waals surface area (Å²) < 4.78 is 2.23. The number of fused-ring (bicyclic) bond motifs is 1. The Bertz CT molecular complexity index is 900. The van der Waals surface area contributed by atoms with Crippen molar-refractivity contribution >= 4 is 67.9 Å². The van der Waals surface area contributed by atoms with E-state index in [1.807, 2.05) is 24.3 Å². The minimum atomic E-state index is 0. The molecule has 1 aromatic heterocycles. The maximum Gasteiger partial charge on any atom is 0.204 e. The van der Waals surface area contributed by atoms with Crippen LogP contribution in [0.15, 0.2) is 48.5 Å². The molecule has 0 atom stereocenters. The van der Waals surface area contributed by atoms with Crippen molar-refractivity contribution in [3.8, 4) is 5.75 Å². The van der Waals surface area contributed by atoms with Gasteiger partial charge in [0.1, 0.15) is 5.75 Å². The summed E-state index contributed by atoms with van der Waals surface area (Å²) in [4.78, 5) is 7.27. The van der Waals surface area contributed by atoms with Crippen LogP contribution in [-0.4, -0.2) is 57.3 Å². The molecule has 4 rings (SSSR count). The van der Waals surface area contributed by atoms with Gasteiger partial charge in [-0.3, -0.25) is 0 Å². The molecule has 0 amide bonds. The third-order valence-corrected chi connectivity index (χ3v) is 5.30. The second kappa shape index (κ2) is 14.1. The number of hydrogen-bond donors (Lipinski definition) is 3. The molecular formula is C21H32Br3N5O2. The molecule has 0 saturated carbocycles. The summed E-state index contributed by atoms with van der Waals surface area (Å²) in [5, 5.41) is 13.2. The zero-order chi connectivity index (χ0) is 18.6. The van der Waals surface area contributed by atoms with Crippen LogP contribution < -0.4 is 11.1 Å². The van der Waals surface area contributed by atoms with Crippen molar-refractivity contribution in [1.29, 1.82) is 0 Å². The van der Waals surface area contributed by atoms with Gasteiger partial charge in [-0.1, -0.05) is 24.3 Å². The molecule has 0 spiro atoms.